The van der Waals surface area contributed by atoms with Crippen LogP contribution in [0, 0.1) is 0 Å². The highest BCUT2D eigenvalue weighted by Gasteiger charge is 2.11. The lowest BCUT2D eigenvalue weighted by molar-refractivity contribution is 0.194. The second-order valence-corrected chi connectivity index (χ2v) is 5.78. The van der Waals surface area contributed by atoms with Gasteiger partial charge in [0.15, 0.2) is 0 Å². The first kappa shape index (κ1) is 13.5. The van der Waals surface area contributed by atoms with Gasteiger partial charge in [0.1, 0.15) is 0 Å². The molecule has 0 unspecified atom stereocenters. The fourth-order valence-corrected chi connectivity index (χ4v) is 2.94. The van der Waals surface area contributed by atoms with E-state index in [0.29, 0.717) is 0 Å². The van der Waals surface area contributed by atoms with Crippen LogP contribution in [0.1, 0.15) is 18.5 Å². The standard InChI is InChI=1S/C17H23N3/c1-19-10-4-12-20(13-5-11-19)14-16-9-8-15-6-2-3-7-17(15)18-16/h2-3,6-9H,4-5,10-14H2,1H3. The molecule has 3 rings (SSSR count). The lowest BCUT2D eigenvalue weighted by atomic mass is 10.2. The number of pyridine rings is 1. The van der Waals surface area contributed by atoms with Crippen LogP contribution in [0.5, 0.6) is 0 Å². The van der Waals surface area contributed by atoms with Crippen LogP contribution in [0.25, 0.3) is 10.9 Å². The van der Waals surface area contributed by atoms with Crippen molar-refractivity contribution in [2.45, 2.75) is 19.4 Å². The van der Waals surface area contributed by atoms with Crippen molar-refractivity contribution >= 4 is 10.9 Å². The van der Waals surface area contributed by atoms with Gasteiger partial charge in [0.2, 0.25) is 0 Å². The highest BCUT2D eigenvalue weighted by atomic mass is 15.2. The average Bonchev–Trinajstić information content (AvgIpc) is 2.44. The zero-order valence-electron chi connectivity index (χ0n) is 12.3. The minimum Gasteiger partial charge on any atom is -0.306 e. The summed E-state index contributed by atoms with van der Waals surface area (Å²) in [6, 6.07) is 12.7. The van der Waals surface area contributed by atoms with Gasteiger partial charge < -0.3 is 4.90 Å². The molecular weight excluding hydrogens is 246 g/mol. The van der Waals surface area contributed by atoms with E-state index in [4.69, 9.17) is 4.98 Å². The Morgan fingerprint density at radius 1 is 0.950 bits per heavy atom. The summed E-state index contributed by atoms with van der Waals surface area (Å²) in [7, 11) is 2.22. The van der Waals surface area contributed by atoms with Crippen LogP contribution in [0.4, 0.5) is 0 Å². The molecule has 0 atom stereocenters. The van der Waals surface area contributed by atoms with Gasteiger partial charge in [0.05, 0.1) is 11.2 Å². The molecule has 1 aliphatic rings. The Labute approximate surface area is 121 Å². The normalized spacial score (nSPS) is 18.9. The quantitative estimate of drug-likeness (QED) is 0.835. The Morgan fingerprint density at radius 2 is 1.70 bits per heavy atom. The predicted octanol–water partition coefficient (Wildman–Crippen LogP) is 2.76. The molecule has 0 radical (unpaired) electrons. The van der Waals surface area contributed by atoms with Crippen molar-refractivity contribution in [1.82, 2.24) is 14.8 Å². The minimum atomic E-state index is 0.981. The SMILES string of the molecule is CN1CCCN(Cc2ccc3ccccc3n2)CCC1. The number of nitrogens with zero attached hydrogens (tertiary/aromatic N) is 3. The summed E-state index contributed by atoms with van der Waals surface area (Å²) in [5, 5.41) is 1.23. The molecule has 0 aliphatic carbocycles. The topological polar surface area (TPSA) is 19.4 Å². The molecule has 0 bridgehead atoms. The molecule has 0 N–H and O–H groups in total. The lowest BCUT2D eigenvalue weighted by Gasteiger charge is -2.28. The molecule has 2 aromatic rings. The molecule has 2 heterocycles. The van der Waals surface area contributed by atoms with E-state index >= 15 is 0 Å². The van der Waals surface area contributed by atoms with Crippen LogP contribution in [0.15, 0.2) is 36.4 Å². The van der Waals surface area contributed by atoms with E-state index in [-0.39, 0.29) is 0 Å². The number of para-hydroxylation sites is 1. The predicted molar refractivity (Wildman–Crippen MR) is 83.8 cm³/mol. The van der Waals surface area contributed by atoms with E-state index in [1.165, 1.54) is 50.1 Å². The van der Waals surface area contributed by atoms with Crippen molar-refractivity contribution in [1.29, 1.82) is 0 Å². The van der Waals surface area contributed by atoms with Crippen molar-refractivity contribution in [3.05, 3.63) is 42.1 Å². The van der Waals surface area contributed by atoms with Crippen molar-refractivity contribution in [3.63, 3.8) is 0 Å². The van der Waals surface area contributed by atoms with Crippen molar-refractivity contribution < 1.29 is 0 Å². The highest BCUT2D eigenvalue weighted by molar-refractivity contribution is 5.78. The third-order valence-corrected chi connectivity index (χ3v) is 4.07. The lowest BCUT2D eigenvalue weighted by Crippen LogP contribution is -2.34. The Bertz CT molecular complexity index is 557. The largest absolute Gasteiger partial charge is 0.306 e. The maximum atomic E-state index is 4.79. The zero-order valence-corrected chi connectivity index (χ0v) is 12.3. The van der Waals surface area contributed by atoms with Crippen LogP contribution in [-0.2, 0) is 6.54 Å². The van der Waals surface area contributed by atoms with Gasteiger partial charge >= 0.3 is 0 Å². The maximum Gasteiger partial charge on any atom is 0.0705 e. The average molecular weight is 269 g/mol. The Balaban J connectivity index is 1.68. The zero-order chi connectivity index (χ0) is 13.8. The van der Waals surface area contributed by atoms with E-state index in [2.05, 4.69) is 53.2 Å². The summed E-state index contributed by atoms with van der Waals surface area (Å²) in [6.07, 6.45) is 2.51. The Kier molecular flexibility index (Phi) is 4.28. The third kappa shape index (κ3) is 3.35. The molecule has 1 aromatic carbocycles. The van der Waals surface area contributed by atoms with Gasteiger partial charge in [-0.15, -0.1) is 0 Å². The molecule has 1 aromatic heterocycles. The fourth-order valence-electron chi connectivity index (χ4n) is 2.94. The summed E-state index contributed by atoms with van der Waals surface area (Å²) in [5.41, 5.74) is 2.30. The molecule has 3 heteroatoms. The van der Waals surface area contributed by atoms with Crippen molar-refractivity contribution in [3.8, 4) is 0 Å². The number of aromatic nitrogens is 1. The molecule has 20 heavy (non-hydrogen) atoms. The fraction of sp³-hybridized carbons (Fsp3) is 0.471. The summed E-state index contributed by atoms with van der Waals surface area (Å²) in [6.45, 7) is 5.76. The maximum absolute atomic E-state index is 4.79. The minimum absolute atomic E-state index is 0.981. The Morgan fingerprint density at radius 3 is 2.50 bits per heavy atom. The first-order valence-electron chi connectivity index (χ1n) is 7.57. The second-order valence-electron chi connectivity index (χ2n) is 5.78. The van der Waals surface area contributed by atoms with Gasteiger partial charge in [0, 0.05) is 11.9 Å². The summed E-state index contributed by atoms with van der Waals surface area (Å²) < 4.78 is 0. The van der Waals surface area contributed by atoms with Gasteiger partial charge in [0.25, 0.3) is 0 Å². The van der Waals surface area contributed by atoms with Crippen LogP contribution in [0.3, 0.4) is 0 Å². The monoisotopic (exact) mass is 269 g/mol. The van der Waals surface area contributed by atoms with Gasteiger partial charge in [-0.1, -0.05) is 24.3 Å². The number of rotatable bonds is 2. The van der Waals surface area contributed by atoms with Crippen LogP contribution in [0.2, 0.25) is 0 Å². The van der Waals surface area contributed by atoms with Crippen LogP contribution >= 0.6 is 0 Å². The number of fused-ring (bicyclic) bond motifs is 1. The van der Waals surface area contributed by atoms with E-state index < -0.39 is 0 Å². The molecule has 0 amide bonds. The van der Waals surface area contributed by atoms with Crippen LogP contribution in [-0.4, -0.2) is 48.0 Å². The number of hydrogen-bond donors (Lipinski definition) is 0. The van der Waals surface area contributed by atoms with E-state index in [0.717, 1.165) is 12.1 Å². The first-order valence-corrected chi connectivity index (χ1v) is 7.57. The van der Waals surface area contributed by atoms with E-state index in [9.17, 15) is 0 Å². The molecular formula is C17H23N3. The highest BCUT2D eigenvalue weighted by Crippen LogP contribution is 2.14. The van der Waals surface area contributed by atoms with Gasteiger partial charge in [-0.25, -0.2) is 0 Å². The smallest absolute Gasteiger partial charge is 0.0705 e. The van der Waals surface area contributed by atoms with Crippen molar-refractivity contribution in [2.24, 2.45) is 0 Å². The number of benzene rings is 1. The van der Waals surface area contributed by atoms with Gasteiger partial charge in [-0.05, 0) is 58.2 Å². The summed E-state index contributed by atoms with van der Waals surface area (Å²) in [5.74, 6) is 0. The third-order valence-electron chi connectivity index (χ3n) is 4.07. The number of hydrogen-bond acceptors (Lipinski definition) is 3. The Hall–Kier alpha value is -1.45. The van der Waals surface area contributed by atoms with E-state index in [1.807, 2.05) is 0 Å². The summed E-state index contributed by atoms with van der Waals surface area (Å²) >= 11 is 0. The molecule has 1 aliphatic heterocycles. The molecule has 0 spiro atoms. The van der Waals surface area contributed by atoms with Crippen LogP contribution < -0.4 is 0 Å². The second kappa shape index (κ2) is 6.33. The molecule has 1 fully saturated rings. The molecule has 3 nitrogen and oxygen atoms in total. The van der Waals surface area contributed by atoms with Gasteiger partial charge in [-0.3, -0.25) is 9.88 Å². The first-order chi connectivity index (χ1) is 9.81. The van der Waals surface area contributed by atoms with Crippen molar-refractivity contribution in [2.75, 3.05) is 33.2 Å². The van der Waals surface area contributed by atoms with Gasteiger partial charge in [-0.2, -0.15) is 0 Å². The molecule has 0 saturated carbocycles. The van der Waals surface area contributed by atoms with E-state index in [1.54, 1.807) is 0 Å². The summed E-state index contributed by atoms with van der Waals surface area (Å²) in [4.78, 5) is 9.77. The molecule has 1 saturated heterocycles. The molecule has 106 valence electrons.